The first-order valence-corrected chi connectivity index (χ1v) is 8.51. The Hall–Kier alpha value is -2.98. The number of rotatable bonds is 6. The third kappa shape index (κ3) is 3.75. The molecule has 6 nitrogen and oxygen atoms in total. The van der Waals surface area contributed by atoms with E-state index in [0.717, 1.165) is 22.2 Å². The van der Waals surface area contributed by atoms with E-state index in [-0.39, 0.29) is 6.42 Å². The van der Waals surface area contributed by atoms with Gasteiger partial charge in [0.2, 0.25) is 0 Å². The molecule has 3 rings (SSSR count). The number of hydrogen-bond donors (Lipinski definition) is 1. The van der Waals surface area contributed by atoms with Crippen molar-refractivity contribution < 1.29 is 14.3 Å². The largest absolute Gasteiger partial charge is 0.457 e. The van der Waals surface area contributed by atoms with Gasteiger partial charge in [0.1, 0.15) is 5.01 Å². The van der Waals surface area contributed by atoms with Crippen molar-refractivity contribution in [2.24, 2.45) is 0 Å². The van der Waals surface area contributed by atoms with Gasteiger partial charge >= 0.3 is 5.97 Å². The minimum atomic E-state index is -1.00. The quantitative estimate of drug-likeness (QED) is 0.687. The Morgan fingerprint density at radius 3 is 2.92 bits per heavy atom. The number of ketones is 1. The van der Waals surface area contributed by atoms with E-state index < -0.39 is 24.3 Å². The average molecular weight is 353 g/mol. The molecule has 2 aromatic heterocycles. The van der Waals surface area contributed by atoms with Crippen molar-refractivity contribution in [2.75, 3.05) is 6.61 Å². The summed E-state index contributed by atoms with van der Waals surface area (Å²) in [4.78, 5) is 31.4. The smallest absolute Gasteiger partial charge is 0.310 e. The van der Waals surface area contributed by atoms with Crippen LogP contribution in [-0.2, 0) is 20.7 Å². The molecule has 0 amide bonds. The highest BCUT2D eigenvalue weighted by Gasteiger charge is 2.24. The molecule has 7 heteroatoms. The first-order valence-electron chi connectivity index (χ1n) is 7.63. The van der Waals surface area contributed by atoms with E-state index in [1.807, 2.05) is 30.3 Å². The van der Waals surface area contributed by atoms with Crippen LogP contribution in [0.2, 0.25) is 0 Å². The van der Waals surface area contributed by atoms with Crippen molar-refractivity contribution in [1.29, 1.82) is 5.26 Å². The Morgan fingerprint density at radius 2 is 2.20 bits per heavy atom. The minimum absolute atomic E-state index is 0.0604. The van der Waals surface area contributed by atoms with E-state index >= 15 is 0 Å². The van der Waals surface area contributed by atoms with Gasteiger partial charge in [0, 0.05) is 28.2 Å². The molecule has 0 aliphatic rings. The molecule has 1 aromatic carbocycles. The summed E-state index contributed by atoms with van der Waals surface area (Å²) in [5.41, 5.74) is 2.50. The second-order valence-corrected chi connectivity index (χ2v) is 6.44. The molecule has 126 valence electrons. The van der Waals surface area contributed by atoms with Crippen LogP contribution in [0, 0.1) is 18.3 Å². The molecule has 0 fully saturated rings. The number of H-pyrrole nitrogens is 1. The number of aryl methyl sites for hydroxylation is 1. The fourth-order valence-electron chi connectivity index (χ4n) is 2.49. The number of carbonyl (C=O) groups is 2. The molecule has 25 heavy (non-hydrogen) atoms. The van der Waals surface area contributed by atoms with Gasteiger partial charge in [-0.15, -0.1) is 11.3 Å². The zero-order chi connectivity index (χ0) is 17.8. The molecule has 0 aliphatic heterocycles. The Balaban J connectivity index is 1.60. The van der Waals surface area contributed by atoms with Gasteiger partial charge in [-0.25, -0.2) is 4.98 Å². The fraction of sp³-hybridized carbons (Fsp3) is 0.222. The van der Waals surface area contributed by atoms with Crippen LogP contribution >= 0.6 is 11.3 Å². The summed E-state index contributed by atoms with van der Waals surface area (Å²) in [7, 11) is 0. The summed E-state index contributed by atoms with van der Waals surface area (Å²) in [6.07, 6.45) is 1.81. The van der Waals surface area contributed by atoms with Gasteiger partial charge in [-0.05, 0) is 18.6 Å². The number of ether oxygens (including phenoxy) is 1. The van der Waals surface area contributed by atoms with Crippen LogP contribution in [0.25, 0.3) is 10.9 Å². The molecule has 2 heterocycles. The van der Waals surface area contributed by atoms with E-state index in [9.17, 15) is 14.9 Å². The number of esters is 1. The van der Waals surface area contributed by atoms with E-state index in [1.165, 1.54) is 11.3 Å². The van der Waals surface area contributed by atoms with Crippen LogP contribution in [0.15, 0.2) is 35.8 Å². The lowest BCUT2D eigenvalue weighted by molar-refractivity contribution is -0.147. The highest BCUT2D eigenvalue weighted by Crippen LogP contribution is 2.21. The summed E-state index contributed by atoms with van der Waals surface area (Å²) >= 11 is 1.25. The summed E-state index contributed by atoms with van der Waals surface area (Å²) in [6, 6.07) is 9.55. The zero-order valence-corrected chi connectivity index (χ0v) is 14.3. The number of aromatic nitrogens is 2. The summed E-state index contributed by atoms with van der Waals surface area (Å²) in [5.74, 6) is -1.98. The summed E-state index contributed by atoms with van der Waals surface area (Å²) in [6.45, 7) is 1.36. The maximum atomic E-state index is 12.2. The number of benzene rings is 1. The number of nitrogens with zero attached hydrogens (tertiary/aromatic N) is 2. The number of Topliss-reactive ketones (excluding diaryl/α,β-unsaturated/α-hetero) is 1. The first-order chi connectivity index (χ1) is 12.1. The molecule has 3 aromatic rings. The Labute approximate surface area is 148 Å². The second-order valence-electron chi connectivity index (χ2n) is 5.55. The topological polar surface area (TPSA) is 95.8 Å². The van der Waals surface area contributed by atoms with Gasteiger partial charge in [-0.2, -0.15) is 5.26 Å². The van der Waals surface area contributed by atoms with Gasteiger partial charge in [0.25, 0.3) is 0 Å². The maximum Gasteiger partial charge on any atom is 0.310 e. The molecule has 0 aliphatic carbocycles. The number of fused-ring (bicyclic) bond motifs is 1. The number of nitriles is 1. The lowest BCUT2D eigenvalue weighted by atomic mass is 10.1. The maximum absolute atomic E-state index is 12.2. The molecule has 0 unspecified atom stereocenters. The van der Waals surface area contributed by atoms with Crippen LogP contribution in [0.3, 0.4) is 0 Å². The van der Waals surface area contributed by atoms with Crippen LogP contribution < -0.4 is 0 Å². The van der Waals surface area contributed by atoms with Crippen LogP contribution in [0.5, 0.6) is 0 Å². The molecular formula is C18H15N3O3S. The normalized spacial score (nSPS) is 11.8. The van der Waals surface area contributed by atoms with Crippen molar-refractivity contribution in [1.82, 2.24) is 9.97 Å². The third-order valence-corrected chi connectivity index (χ3v) is 4.75. The molecule has 0 spiro atoms. The molecule has 1 atom stereocenters. The second kappa shape index (κ2) is 7.28. The predicted octanol–water partition coefficient (Wildman–Crippen LogP) is 2.90. The Kier molecular flexibility index (Phi) is 4.91. The molecule has 0 saturated heterocycles. The predicted molar refractivity (Wildman–Crippen MR) is 93.2 cm³/mol. The number of para-hydroxylation sites is 1. The Bertz CT molecular complexity index is 967. The average Bonchev–Trinajstić information content (AvgIpc) is 3.21. The van der Waals surface area contributed by atoms with Crippen LogP contribution in [0.1, 0.15) is 22.2 Å². The number of hydrogen-bond acceptors (Lipinski definition) is 6. The third-order valence-electron chi connectivity index (χ3n) is 3.72. The number of aromatic amines is 1. The van der Waals surface area contributed by atoms with Gasteiger partial charge in [-0.1, -0.05) is 18.2 Å². The van der Waals surface area contributed by atoms with E-state index in [1.54, 1.807) is 18.5 Å². The van der Waals surface area contributed by atoms with Gasteiger partial charge < -0.3 is 9.72 Å². The first kappa shape index (κ1) is 16.9. The zero-order valence-electron chi connectivity index (χ0n) is 13.5. The van der Waals surface area contributed by atoms with E-state index in [0.29, 0.717) is 5.01 Å². The van der Waals surface area contributed by atoms with Crippen molar-refractivity contribution in [2.45, 2.75) is 19.3 Å². The van der Waals surface area contributed by atoms with E-state index in [4.69, 9.17) is 4.74 Å². The summed E-state index contributed by atoms with van der Waals surface area (Å²) < 4.78 is 5.06. The van der Waals surface area contributed by atoms with Gasteiger partial charge in [-0.3, -0.25) is 9.59 Å². The number of carbonyl (C=O) groups excluding carboxylic acids is 2. The van der Waals surface area contributed by atoms with Gasteiger partial charge in [0.05, 0.1) is 12.5 Å². The highest BCUT2D eigenvalue weighted by molar-refractivity contribution is 7.09. The number of nitrogens with one attached hydrogen (secondary N) is 1. The van der Waals surface area contributed by atoms with Crippen LogP contribution in [0.4, 0.5) is 0 Å². The van der Waals surface area contributed by atoms with E-state index in [2.05, 4.69) is 9.97 Å². The minimum Gasteiger partial charge on any atom is -0.457 e. The highest BCUT2D eigenvalue weighted by atomic mass is 32.1. The Morgan fingerprint density at radius 1 is 1.40 bits per heavy atom. The van der Waals surface area contributed by atoms with Gasteiger partial charge in [0.15, 0.2) is 18.3 Å². The van der Waals surface area contributed by atoms with Crippen molar-refractivity contribution in [3.63, 3.8) is 0 Å². The lowest BCUT2D eigenvalue weighted by Crippen LogP contribution is -2.20. The molecule has 0 bridgehead atoms. The molecule has 0 radical (unpaired) electrons. The summed E-state index contributed by atoms with van der Waals surface area (Å²) in [5, 5.41) is 12.3. The lowest BCUT2D eigenvalue weighted by Gasteiger charge is -2.06. The van der Waals surface area contributed by atoms with Crippen molar-refractivity contribution in [3.05, 3.63) is 52.1 Å². The van der Waals surface area contributed by atoms with Crippen LogP contribution in [-0.4, -0.2) is 28.3 Å². The molecule has 0 saturated carbocycles. The standard InChI is InChI=1S/C18H15N3O3S/c1-11-10-25-18(21-11)14(7-19)16(22)9-24-17(23)6-12-8-20-15-5-3-2-4-13(12)15/h2-5,8,10,14,20H,6,9H2,1H3/t14-/m1/s1. The molecule has 1 N–H and O–H groups in total. The van der Waals surface area contributed by atoms with Crippen molar-refractivity contribution >= 4 is 34.0 Å². The SMILES string of the molecule is Cc1csc([C@H](C#N)C(=O)COC(=O)Cc2c[nH]c3ccccc23)n1. The fourth-order valence-corrected chi connectivity index (χ4v) is 3.35. The molecular weight excluding hydrogens is 338 g/mol. The van der Waals surface area contributed by atoms with Crippen molar-refractivity contribution in [3.8, 4) is 6.07 Å². The number of thiazole rings is 1. The monoisotopic (exact) mass is 353 g/mol.